The number of hydrogen-bond acceptors (Lipinski definition) is 5. The first-order valence-electron chi connectivity index (χ1n) is 6.28. The van der Waals surface area contributed by atoms with E-state index in [9.17, 15) is 9.59 Å². The summed E-state index contributed by atoms with van der Waals surface area (Å²) < 4.78 is 0.202. The highest BCUT2D eigenvalue weighted by molar-refractivity contribution is 7.17. The van der Waals surface area contributed by atoms with Gasteiger partial charge in [-0.25, -0.2) is 0 Å². The number of nitrogens with zero attached hydrogens (tertiary/aromatic N) is 2. The van der Waals surface area contributed by atoms with E-state index in [0.29, 0.717) is 17.8 Å². The lowest BCUT2D eigenvalue weighted by molar-refractivity contribution is 0.0952. The molecule has 0 aliphatic carbocycles. The molecule has 110 valence electrons. The van der Waals surface area contributed by atoms with Crippen LogP contribution >= 0.6 is 22.9 Å². The maximum Gasteiger partial charge on any atom is 0.286 e. The molecule has 0 aliphatic heterocycles. The topological polar surface area (TPSA) is 84.0 Å². The molecule has 0 spiro atoms. The lowest BCUT2D eigenvalue weighted by atomic mass is 10.2. The van der Waals surface area contributed by atoms with Crippen molar-refractivity contribution < 1.29 is 9.59 Å². The maximum atomic E-state index is 11.9. The second kappa shape index (κ2) is 7.14. The summed E-state index contributed by atoms with van der Waals surface area (Å²) in [6, 6.07) is 6.68. The van der Waals surface area contributed by atoms with Gasteiger partial charge in [-0.3, -0.25) is 9.59 Å². The van der Waals surface area contributed by atoms with Gasteiger partial charge in [0, 0.05) is 17.8 Å². The van der Waals surface area contributed by atoms with Crippen molar-refractivity contribution in [1.82, 2.24) is 15.5 Å². The Labute approximate surface area is 130 Å². The monoisotopic (exact) mass is 324 g/mol. The summed E-state index contributed by atoms with van der Waals surface area (Å²) in [6.45, 7) is 2.59. The third-order valence-corrected chi connectivity index (χ3v) is 3.53. The number of hydrogen-bond donors (Lipinski definition) is 2. The summed E-state index contributed by atoms with van der Waals surface area (Å²) in [5.74, 6) is -0.586. The van der Waals surface area contributed by atoms with Crippen LogP contribution in [0.4, 0.5) is 5.69 Å². The van der Waals surface area contributed by atoms with E-state index >= 15 is 0 Å². The van der Waals surface area contributed by atoms with Crippen LogP contribution in [-0.4, -0.2) is 28.6 Å². The SMILES string of the molecule is CCCNC(=O)c1cccc(NC(=O)c2nnc(Cl)s2)c1. The van der Waals surface area contributed by atoms with Crippen molar-refractivity contribution in [2.45, 2.75) is 13.3 Å². The molecule has 1 heterocycles. The summed E-state index contributed by atoms with van der Waals surface area (Å²) in [7, 11) is 0. The molecule has 8 heteroatoms. The van der Waals surface area contributed by atoms with E-state index in [-0.39, 0.29) is 15.4 Å². The second-order valence-electron chi connectivity index (χ2n) is 4.15. The Kier molecular flexibility index (Phi) is 5.24. The van der Waals surface area contributed by atoms with Gasteiger partial charge in [-0.1, -0.05) is 24.3 Å². The van der Waals surface area contributed by atoms with Crippen molar-refractivity contribution in [3.05, 3.63) is 39.3 Å². The fourth-order valence-corrected chi connectivity index (χ4v) is 2.28. The predicted molar refractivity (Wildman–Crippen MR) is 81.9 cm³/mol. The maximum absolute atomic E-state index is 11.9. The van der Waals surface area contributed by atoms with Crippen LogP contribution < -0.4 is 10.6 Å². The molecular formula is C13H13ClN4O2S. The fourth-order valence-electron chi connectivity index (χ4n) is 1.56. The van der Waals surface area contributed by atoms with Gasteiger partial charge in [0.1, 0.15) is 0 Å². The van der Waals surface area contributed by atoms with Crippen molar-refractivity contribution in [3.63, 3.8) is 0 Å². The van der Waals surface area contributed by atoms with E-state index in [0.717, 1.165) is 17.8 Å². The molecule has 0 bridgehead atoms. The standard InChI is InChI=1S/C13H13ClN4O2S/c1-2-6-15-10(19)8-4-3-5-9(7-8)16-11(20)12-17-18-13(14)21-12/h3-5,7H,2,6H2,1H3,(H,15,19)(H,16,20). The number of benzene rings is 1. The minimum atomic E-state index is -0.412. The Balaban J connectivity index is 2.07. The van der Waals surface area contributed by atoms with Gasteiger partial charge in [0.25, 0.3) is 11.8 Å². The van der Waals surface area contributed by atoms with E-state index in [1.54, 1.807) is 24.3 Å². The van der Waals surface area contributed by atoms with Crippen LogP contribution in [0.15, 0.2) is 24.3 Å². The van der Waals surface area contributed by atoms with E-state index in [1.807, 2.05) is 6.92 Å². The smallest absolute Gasteiger partial charge is 0.286 e. The Hall–Kier alpha value is -1.99. The minimum Gasteiger partial charge on any atom is -0.352 e. The molecule has 0 saturated heterocycles. The number of amides is 2. The number of carbonyl (C=O) groups is 2. The van der Waals surface area contributed by atoms with Crippen LogP contribution in [-0.2, 0) is 0 Å². The molecule has 1 aromatic carbocycles. The molecule has 2 aromatic rings. The summed E-state index contributed by atoms with van der Waals surface area (Å²) in [4.78, 5) is 23.8. The Morgan fingerprint density at radius 1 is 1.29 bits per heavy atom. The first kappa shape index (κ1) is 15.4. The van der Waals surface area contributed by atoms with Gasteiger partial charge in [-0.05, 0) is 36.2 Å². The minimum absolute atomic E-state index is 0.167. The normalized spacial score (nSPS) is 10.2. The van der Waals surface area contributed by atoms with Crippen LogP contribution in [0.5, 0.6) is 0 Å². The molecule has 21 heavy (non-hydrogen) atoms. The van der Waals surface area contributed by atoms with E-state index < -0.39 is 5.91 Å². The fraction of sp³-hybridized carbons (Fsp3) is 0.231. The highest BCUT2D eigenvalue weighted by atomic mass is 35.5. The first-order chi connectivity index (χ1) is 10.1. The lowest BCUT2D eigenvalue weighted by Crippen LogP contribution is -2.24. The van der Waals surface area contributed by atoms with Crippen molar-refractivity contribution in [2.24, 2.45) is 0 Å². The Bertz CT molecular complexity index is 659. The zero-order chi connectivity index (χ0) is 15.2. The van der Waals surface area contributed by atoms with Crippen LogP contribution in [0.3, 0.4) is 0 Å². The molecule has 0 unspecified atom stereocenters. The molecule has 2 rings (SSSR count). The third-order valence-electron chi connectivity index (χ3n) is 2.51. The van der Waals surface area contributed by atoms with Crippen LogP contribution in [0.25, 0.3) is 0 Å². The van der Waals surface area contributed by atoms with E-state index in [4.69, 9.17) is 11.6 Å². The van der Waals surface area contributed by atoms with Crippen LogP contribution in [0.2, 0.25) is 4.47 Å². The molecule has 6 nitrogen and oxygen atoms in total. The number of nitrogens with one attached hydrogen (secondary N) is 2. The molecular weight excluding hydrogens is 312 g/mol. The quantitative estimate of drug-likeness (QED) is 0.885. The highest BCUT2D eigenvalue weighted by Gasteiger charge is 2.13. The van der Waals surface area contributed by atoms with Gasteiger partial charge >= 0.3 is 0 Å². The largest absolute Gasteiger partial charge is 0.352 e. The number of anilines is 1. The van der Waals surface area contributed by atoms with Crippen molar-refractivity contribution in [2.75, 3.05) is 11.9 Å². The van der Waals surface area contributed by atoms with Gasteiger partial charge in [-0.2, -0.15) is 0 Å². The average Bonchev–Trinajstić information content (AvgIpc) is 2.91. The zero-order valence-electron chi connectivity index (χ0n) is 11.2. The summed E-state index contributed by atoms with van der Waals surface area (Å²) >= 11 is 6.62. The van der Waals surface area contributed by atoms with E-state index in [1.165, 1.54) is 0 Å². The lowest BCUT2D eigenvalue weighted by Gasteiger charge is -2.06. The van der Waals surface area contributed by atoms with Gasteiger partial charge in [0.2, 0.25) is 9.47 Å². The Morgan fingerprint density at radius 3 is 2.76 bits per heavy atom. The van der Waals surface area contributed by atoms with Gasteiger partial charge in [0.15, 0.2) is 0 Å². The van der Waals surface area contributed by atoms with Gasteiger partial charge in [-0.15, -0.1) is 10.2 Å². The number of halogens is 1. The number of carbonyl (C=O) groups excluding carboxylic acids is 2. The van der Waals surface area contributed by atoms with Crippen LogP contribution in [0, 0.1) is 0 Å². The number of rotatable bonds is 5. The first-order valence-corrected chi connectivity index (χ1v) is 7.48. The molecule has 0 saturated carbocycles. The molecule has 2 N–H and O–H groups in total. The third kappa shape index (κ3) is 4.24. The zero-order valence-corrected chi connectivity index (χ0v) is 12.8. The summed E-state index contributed by atoms with van der Waals surface area (Å²) in [6.07, 6.45) is 0.861. The van der Waals surface area contributed by atoms with E-state index in [2.05, 4.69) is 20.8 Å². The predicted octanol–water partition coefficient (Wildman–Crippen LogP) is 2.58. The Morgan fingerprint density at radius 2 is 2.10 bits per heavy atom. The highest BCUT2D eigenvalue weighted by Crippen LogP contribution is 2.17. The average molecular weight is 325 g/mol. The summed E-state index contributed by atoms with van der Waals surface area (Å²) in [5, 5.41) is 12.8. The molecule has 0 fully saturated rings. The van der Waals surface area contributed by atoms with Gasteiger partial charge < -0.3 is 10.6 Å². The van der Waals surface area contributed by atoms with Crippen molar-refractivity contribution in [3.8, 4) is 0 Å². The second-order valence-corrected chi connectivity index (χ2v) is 5.71. The molecule has 0 atom stereocenters. The van der Waals surface area contributed by atoms with Gasteiger partial charge in [0.05, 0.1) is 0 Å². The molecule has 0 radical (unpaired) electrons. The van der Waals surface area contributed by atoms with Crippen molar-refractivity contribution >= 4 is 40.4 Å². The molecule has 0 aliphatic rings. The summed E-state index contributed by atoms with van der Waals surface area (Å²) in [5.41, 5.74) is 0.993. The molecule has 1 aromatic heterocycles. The van der Waals surface area contributed by atoms with Crippen LogP contribution in [0.1, 0.15) is 33.5 Å². The van der Waals surface area contributed by atoms with Crippen molar-refractivity contribution in [1.29, 1.82) is 0 Å². The molecule has 2 amide bonds. The number of aromatic nitrogens is 2.